The SMILES string of the molecule is Cc1ccccc1OCCNC(=O)CC1(O)CCCC1. The maximum atomic E-state index is 11.8. The number of hydrogen-bond acceptors (Lipinski definition) is 3. The smallest absolute Gasteiger partial charge is 0.223 e. The standard InChI is InChI=1S/C16H23NO3/c1-13-6-2-3-7-14(13)20-11-10-17-15(18)12-16(19)8-4-5-9-16/h2-3,6-7,19H,4-5,8-12H2,1H3,(H,17,18). The van der Waals surface area contributed by atoms with Crippen molar-refractivity contribution in [2.75, 3.05) is 13.2 Å². The van der Waals surface area contributed by atoms with Crippen molar-refractivity contribution in [1.29, 1.82) is 0 Å². The van der Waals surface area contributed by atoms with E-state index in [2.05, 4.69) is 5.32 Å². The fourth-order valence-electron chi connectivity index (χ4n) is 2.64. The Bertz CT molecular complexity index is 453. The van der Waals surface area contributed by atoms with Crippen LogP contribution in [0.2, 0.25) is 0 Å². The third-order valence-corrected chi connectivity index (χ3v) is 3.80. The highest BCUT2D eigenvalue weighted by molar-refractivity contribution is 5.77. The van der Waals surface area contributed by atoms with Crippen LogP contribution in [-0.2, 0) is 4.79 Å². The van der Waals surface area contributed by atoms with Gasteiger partial charge in [0, 0.05) is 0 Å². The highest BCUT2D eigenvalue weighted by Crippen LogP contribution is 2.32. The van der Waals surface area contributed by atoms with E-state index in [0.717, 1.165) is 37.0 Å². The molecule has 2 N–H and O–H groups in total. The Morgan fingerprint density at radius 2 is 2.05 bits per heavy atom. The molecule has 2 rings (SSSR count). The molecule has 0 atom stereocenters. The Balaban J connectivity index is 1.66. The second-order valence-electron chi connectivity index (χ2n) is 5.57. The molecule has 110 valence electrons. The van der Waals surface area contributed by atoms with Gasteiger partial charge in [-0.3, -0.25) is 4.79 Å². The molecule has 0 saturated heterocycles. The number of amides is 1. The van der Waals surface area contributed by atoms with Crippen LogP contribution in [-0.4, -0.2) is 29.8 Å². The summed E-state index contributed by atoms with van der Waals surface area (Å²) in [5.41, 5.74) is 0.306. The number of rotatable bonds is 6. The normalized spacial score (nSPS) is 16.9. The van der Waals surface area contributed by atoms with E-state index in [-0.39, 0.29) is 12.3 Å². The molecule has 1 aliphatic carbocycles. The minimum absolute atomic E-state index is 0.0946. The lowest BCUT2D eigenvalue weighted by atomic mass is 9.98. The van der Waals surface area contributed by atoms with Crippen LogP contribution in [0.1, 0.15) is 37.7 Å². The summed E-state index contributed by atoms with van der Waals surface area (Å²) in [5.74, 6) is 0.749. The molecule has 4 heteroatoms. The zero-order valence-corrected chi connectivity index (χ0v) is 12.0. The predicted molar refractivity (Wildman–Crippen MR) is 77.7 cm³/mol. The van der Waals surface area contributed by atoms with Crippen molar-refractivity contribution in [3.8, 4) is 5.75 Å². The van der Waals surface area contributed by atoms with E-state index in [0.29, 0.717) is 13.2 Å². The maximum Gasteiger partial charge on any atom is 0.223 e. The molecule has 0 spiro atoms. The van der Waals surface area contributed by atoms with Gasteiger partial charge in [-0.1, -0.05) is 31.0 Å². The molecular formula is C16H23NO3. The van der Waals surface area contributed by atoms with E-state index in [9.17, 15) is 9.90 Å². The Morgan fingerprint density at radius 1 is 1.35 bits per heavy atom. The Labute approximate surface area is 120 Å². The monoisotopic (exact) mass is 277 g/mol. The van der Waals surface area contributed by atoms with Crippen LogP contribution in [0.5, 0.6) is 5.75 Å². The Hall–Kier alpha value is -1.55. The zero-order chi connectivity index (χ0) is 14.4. The molecule has 1 aromatic carbocycles. The van der Waals surface area contributed by atoms with Crippen molar-refractivity contribution < 1.29 is 14.6 Å². The number of benzene rings is 1. The Morgan fingerprint density at radius 3 is 2.75 bits per heavy atom. The van der Waals surface area contributed by atoms with Crippen LogP contribution < -0.4 is 10.1 Å². The van der Waals surface area contributed by atoms with Crippen LogP contribution in [0.3, 0.4) is 0 Å². The summed E-state index contributed by atoms with van der Waals surface area (Å²) < 4.78 is 5.61. The summed E-state index contributed by atoms with van der Waals surface area (Å²) in [4.78, 5) is 11.8. The van der Waals surface area contributed by atoms with E-state index < -0.39 is 5.60 Å². The second kappa shape index (κ2) is 6.75. The third kappa shape index (κ3) is 4.23. The van der Waals surface area contributed by atoms with Gasteiger partial charge in [0.05, 0.1) is 18.6 Å². The number of para-hydroxylation sites is 1. The molecule has 0 radical (unpaired) electrons. The number of carbonyl (C=O) groups excluding carboxylic acids is 1. The van der Waals surface area contributed by atoms with Gasteiger partial charge in [0.15, 0.2) is 0 Å². The molecule has 0 unspecified atom stereocenters. The first kappa shape index (κ1) is 14.9. The third-order valence-electron chi connectivity index (χ3n) is 3.80. The Kier molecular flexibility index (Phi) is 5.01. The summed E-state index contributed by atoms with van der Waals surface area (Å²) in [6, 6.07) is 7.80. The van der Waals surface area contributed by atoms with Gasteiger partial charge in [0.2, 0.25) is 5.91 Å². The van der Waals surface area contributed by atoms with Crippen molar-refractivity contribution in [2.24, 2.45) is 0 Å². The van der Waals surface area contributed by atoms with Gasteiger partial charge in [-0.25, -0.2) is 0 Å². The van der Waals surface area contributed by atoms with Crippen molar-refractivity contribution >= 4 is 5.91 Å². The molecular weight excluding hydrogens is 254 g/mol. The summed E-state index contributed by atoms with van der Waals surface area (Å²) >= 11 is 0. The van der Waals surface area contributed by atoms with Gasteiger partial charge >= 0.3 is 0 Å². The fraction of sp³-hybridized carbons (Fsp3) is 0.562. The minimum atomic E-state index is -0.777. The van der Waals surface area contributed by atoms with E-state index in [1.54, 1.807) is 0 Å². The maximum absolute atomic E-state index is 11.8. The number of hydrogen-bond donors (Lipinski definition) is 2. The first-order valence-corrected chi connectivity index (χ1v) is 7.27. The quantitative estimate of drug-likeness (QED) is 0.784. The molecule has 1 amide bonds. The molecule has 1 fully saturated rings. The number of carbonyl (C=O) groups is 1. The topological polar surface area (TPSA) is 58.6 Å². The lowest BCUT2D eigenvalue weighted by molar-refractivity contribution is -0.126. The second-order valence-corrected chi connectivity index (χ2v) is 5.57. The largest absolute Gasteiger partial charge is 0.491 e. The van der Waals surface area contributed by atoms with Crippen LogP contribution in [0.15, 0.2) is 24.3 Å². The van der Waals surface area contributed by atoms with Gasteiger partial charge in [-0.2, -0.15) is 0 Å². The first-order chi connectivity index (χ1) is 9.59. The summed E-state index contributed by atoms with van der Waals surface area (Å²) in [6.45, 7) is 2.89. The van der Waals surface area contributed by atoms with E-state index >= 15 is 0 Å². The van der Waals surface area contributed by atoms with Crippen LogP contribution in [0.4, 0.5) is 0 Å². The summed E-state index contributed by atoms with van der Waals surface area (Å²) in [7, 11) is 0. The van der Waals surface area contributed by atoms with E-state index in [4.69, 9.17) is 4.74 Å². The molecule has 1 saturated carbocycles. The molecule has 0 heterocycles. The van der Waals surface area contributed by atoms with Crippen molar-refractivity contribution in [1.82, 2.24) is 5.32 Å². The van der Waals surface area contributed by atoms with Gasteiger partial charge in [0.1, 0.15) is 12.4 Å². The van der Waals surface area contributed by atoms with Crippen molar-refractivity contribution in [2.45, 2.75) is 44.6 Å². The number of ether oxygens (including phenoxy) is 1. The van der Waals surface area contributed by atoms with Crippen LogP contribution >= 0.6 is 0 Å². The van der Waals surface area contributed by atoms with Gasteiger partial charge in [0.25, 0.3) is 0 Å². The predicted octanol–water partition coefficient (Wildman–Crippen LogP) is 2.19. The number of aryl methyl sites for hydroxylation is 1. The lowest BCUT2D eigenvalue weighted by Crippen LogP contribution is -2.36. The molecule has 0 aromatic heterocycles. The number of aliphatic hydroxyl groups is 1. The fourth-order valence-corrected chi connectivity index (χ4v) is 2.64. The van der Waals surface area contributed by atoms with Crippen molar-refractivity contribution in [3.63, 3.8) is 0 Å². The molecule has 20 heavy (non-hydrogen) atoms. The average Bonchev–Trinajstić information content (AvgIpc) is 2.83. The minimum Gasteiger partial charge on any atom is -0.491 e. The lowest BCUT2D eigenvalue weighted by Gasteiger charge is -2.21. The van der Waals surface area contributed by atoms with Gasteiger partial charge in [-0.05, 0) is 31.4 Å². The van der Waals surface area contributed by atoms with Crippen LogP contribution in [0.25, 0.3) is 0 Å². The highest BCUT2D eigenvalue weighted by Gasteiger charge is 2.33. The molecule has 1 aliphatic rings. The highest BCUT2D eigenvalue weighted by atomic mass is 16.5. The van der Waals surface area contributed by atoms with Crippen LogP contribution in [0, 0.1) is 6.92 Å². The van der Waals surface area contributed by atoms with E-state index in [1.165, 1.54) is 0 Å². The molecule has 1 aromatic rings. The van der Waals surface area contributed by atoms with Crippen molar-refractivity contribution in [3.05, 3.63) is 29.8 Å². The van der Waals surface area contributed by atoms with E-state index in [1.807, 2.05) is 31.2 Å². The summed E-state index contributed by atoms with van der Waals surface area (Å²) in [6.07, 6.45) is 3.71. The molecule has 0 bridgehead atoms. The average molecular weight is 277 g/mol. The van der Waals surface area contributed by atoms with Gasteiger partial charge < -0.3 is 15.2 Å². The zero-order valence-electron chi connectivity index (χ0n) is 12.0. The molecule has 0 aliphatic heterocycles. The first-order valence-electron chi connectivity index (χ1n) is 7.27. The van der Waals surface area contributed by atoms with Gasteiger partial charge in [-0.15, -0.1) is 0 Å². The molecule has 4 nitrogen and oxygen atoms in total. The number of nitrogens with one attached hydrogen (secondary N) is 1. The summed E-state index contributed by atoms with van der Waals surface area (Å²) in [5, 5.41) is 12.9.